The number of nitrogens with zero attached hydrogens (tertiary/aromatic N) is 2. The maximum atomic E-state index is 11.3. The van der Waals surface area contributed by atoms with Gasteiger partial charge in [0.05, 0.1) is 15.9 Å². The van der Waals surface area contributed by atoms with E-state index in [9.17, 15) is 4.79 Å². The smallest absolute Gasteiger partial charge is 0.248 e. The van der Waals surface area contributed by atoms with Gasteiger partial charge < -0.3 is 5.73 Å². The molecule has 108 valence electrons. The van der Waals surface area contributed by atoms with Gasteiger partial charge in [0.1, 0.15) is 0 Å². The van der Waals surface area contributed by atoms with Crippen LogP contribution in [-0.4, -0.2) is 15.3 Å². The maximum Gasteiger partial charge on any atom is 0.248 e. The highest BCUT2D eigenvalue weighted by Gasteiger charge is 2.11. The second kappa shape index (κ2) is 4.68. The van der Waals surface area contributed by atoms with Crippen LogP contribution in [0.25, 0.3) is 26.4 Å². The van der Waals surface area contributed by atoms with Crippen LogP contribution in [0.5, 0.6) is 0 Å². The molecule has 0 spiro atoms. The van der Waals surface area contributed by atoms with Crippen LogP contribution >= 0.6 is 11.3 Å². The molecule has 4 nitrogen and oxygen atoms in total. The van der Waals surface area contributed by atoms with Crippen molar-refractivity contribution in [3.05, 3.63) is 59.8 Å². The van der Waals surface area contributed by atoms with Crippen molar-refractivity contribution in [2.75, 3.05) is 0 Å². The lowest BCUT2D eigenvalue weighted by molar-refractivity contribution is 0.100. The summed E-state index contributed by atoms with van der Waals surface area (Å²) in [6, 6.07) is 13.8. The van der Waals surface area contributed by atoms with E-state index in [4.69, 9.17) is 10.7 Å². The second-order valence-electron chi connectivity index (χ2n) is 5.30. The molecule has 0 bridgehead atoms. The Bertz CT molecular complexity index is 1030. The molecule has 0 aliphatic heterocycles. The Labute approximate surface area is 130 Å². The minimum atomic E-state index is -0.409. The van der Waals surface area contributed by atoms with Crippen LogP contribution in [0, 0.1) is 6.92 Å². The SMILES string of the molecule is Cc1cccc(-c2cn3c(n2)sc2cc(C(N)=O)ccc23)c1. The zero-order valence-electron chi connectivity index (χ0n) is 11.9. The molecule has 2 N–H and O–H groups in total. The summed E-state index contributed by atoms with van der Waals surface area (Å²) in [4.78, 5) is 16.9. The second-order valence-corrected chi connectivity index (χ2v) is 6.31. The van der Waals surface area contributed by atoms with Gasteiger partial charge in [-0.3, -0.25) is 9.20 Å². The van der Waals surface area contributed by atoms with Gasteiger partial charge >= 0.3 is 0 Å². The van der Waals surface area contributed by atoms with Gasteiger partial charge in [0.15, 0.2) is 4.96 Å². The van der Waals surface area contributed by atoms with Gasteiger partial charge in [0, 0.05) is 17.3 Å². The third-order valence-electron chi connectivity index (χ3n) is 3.69. The number of aromatic nitrogens is 2. The number of nitrogens with two attached hydrogens (primary N) is 1. The monoisotopic (exact) mass is 307 g/mol. The van der Waals surface area contributed by atoms with E-state index in [1.807, 2.05) is 24.4 Å². The summed E-state index contributed by atoms with van der Waals surface area (Å²) in [6.45, 7) is 2.07. The van der Waals surface area contributed by atoms with Crippen molar-refractivity contribution in [3.63, 3.8) is 0 Å². The summed E-state index contributed by atoms with van der Waals surface area (Å²) in [5.41, 5.74) is 10.2. The van der Waals surface area contributed by atoms with Crippen LogP contribution in [0.3, 0.4) is 0 Å². The van der Waals surface area contributed by atoms with Crippen molar-refractivity contribution in [2.45, 2.75) is 6.92 Å². The molecule has 1 amide bonds. The number of primary amides is 1. The predicted molar refractivity (Wildman–Crippen MR) is 89.3 cm³/mol. The zero-order chi connectivity index (χ0) is 15.3. The molecule has 4 aromatic rings. The normalized spacial score (nSPS) is 11.3. The summed E-state index contributed by atoms with van der Waals surface area (Å²) >= 11 is 1.56. The molecule has 0 unspecified atom stereocenters. The number of carbonyl (C=O) groups excluding carboxylic acids is 1. The Morgan fingerprint density at radius 3 is 2.86 bits per heavy atom. The highest BCUT2D eigenvalue weighted by Crippen LogP contribution is 2.30. The highest BCUT2D eigenvalue weighted by molar-refractivity contribution is 7.23. The van der Waals surface area contributed by atoms with Crippen molar-refractivity contribution in [3.8, 4) is 11.3 Å². The fourth-order valence-corrected chi connectivity index (χ4v) is 3.64. The average molecular weight is 307 g/mol. The Morgan fingerprint density at radius 1 is 1.23 bits per heavy atom. The molecule has 4 rings (SSSR count). The number of benzene rings is 2. The lowest BCUT2D eigenvalue weighted by Gasteiger charge is -1.98. The number of aryl methyl sites for hydroxylation is 1. The highest BCUT2D eigenvalue weighted by atomic mass is 32.1. The molecule has 2 aromatic carbocycles. The first kappa shape index (κ1) is 13.0. The van der Waals surface area contributed by atoms with Crippen LogP contribution in [-0.2, 0) is 0 Å². The van der Waals surface area contributed by atoms with Gasteiger partial charge in [0.2, 0.25) is 5.91 Å². The minimum absolute atomic E-state index is 0.409. The van der Waals surface area contributed by atoms with Gasteiger partial charge in [-0.2, -0.15) is 0 Å². The Kier molecular flexibility index (Phi) is 2.77. The third-order valence-corrected chi connectivity index (χ3v) is 4.71. The number of imidazole rings is 1. The number of rotatable bonds is 2. The summed E-state index contributed by atoms with van der Waals surface area (Å²) in [6.07, 6.45) is 2.03. The number of thiazole rings is 1. The van der Waals surface area contributed by atoms with Gasteiger partial charge in [-0.15, -0.1) is 0 Å². The summed E-state index contributed by atoms with van der Waals surface area (Å²) in [5, 5.41) is 0. The van der Waals surface area contributed by atoms with E-state index in [2.05, 4.69) is 29.5 Å². The summed E-state index contributed by atoms with van der Waals surface area (Å²) in [7, 11) is 0. The van der Waals surface area contributed by atoms with E-state index in [1.54, 1.807) is 17.4 Å². The van der Waals surface area contributed by atoms with Gasteiger partial charge in [-0.25, -0.2) is 4.98 Å². The fraction of sp³-hybridized carbons (Fsp3) is 0.0588. The molecular formula is C17H13N3OS. The zero-order valence-corrected chi connectivity index (χ0v) is 12.7. The van der Waals surface area contributed by atoms with Crippen LogP contribution in [0.1, 0.15) is 15.9 Å². The van der Waals surface area contributed by atoms with E-state index >= 15 is 0 Å². The Morgan fingerprint density at radius 2 is 2.09 bits per heavy atom. The van der Waals surface area contributed by atoms with Crippen LogP contribution in [0.4, 0.5) is 0 Å². The van der Waals surface area contributed by atoms with E-state index in [-0.39, 0.29) is 0 Å². The van der Waals surface area contributed by atoms with Gasteiger partial charge in [0.25, 0.3) is 0 Å². The number of hydrogen-bond acceptors (Lipinski definition) is 3. The number of hydrogen-bond donors (Lipinski definition) is 1. The third kappa shape index (κ3) is 1.98. The topological polar surface area (TPSA) is 60.4 Å². The standard InChI is InChI=1S/C17H13N3OS/c1-10-3-2-4-11(7-10)13-9-20-14-6-5-12(16(18)21)8-15(14)22-17(20)19-13/h2-9H,1H3,(H2,18,21). The fourth-order valence-electron chi connectivity index (χ4n) is 2.60. The molecule has 0 fully saturated rings. The first-order valence-corrected chi connectivity index (χ1v) is 7.72. The van der Waals surface area contributed by atoms with E-state index in [0.717, 1.165) is 26.4 Å². The summed E-state index contributed by atoms with van der Waals surface area (Å²) in [5.74, 6) is -0.409. The molecule has 22 heavy (non-hydrogen) atoms. The lowest BCUT2D eigenvalue weighted by atomic mass is 10.1. The van der Waals surface area contributed by atoms with Gasteiger partial charge in [-0.05, 0) is 31.2 Å². The Hall–Kier alpha value is -2.66. The van der Waals surface area contributed by atoms with Crippen molar-refractivity contribution >= 4 is 32.4 Å². The predicted octanol–water partition coefficient (Wildman–Crippen LogP) is 3.62. The van der Waals surface area contributed by atoms with E-state index < -0.39 is 5.91 Å². The first-order valence-electron chi connectivity index (χ1n) is 6.90. The molecule has 0 atom stereocenters. The van der Waals surface area contributed by atoms with Crippen LogP contribution in [0.15, 0.2) is 48.7 Å². The van der Waals surface area contributed by atoms with Gasteiger partial charge in [-0.1, -0.05) is 35.1 Å². The van der Waals surface area contributed by atoms with Crippen molar-refractivity contribution in [2.24, 2.45) is 5.73 Å². The van der Waals surface area contributed by atoms with E-state index in [1.165, 1.54) is 5.56 Å². The van der Waals surface area contributed by atoms with Crippen LogP contribution < -0.4 is 5.73 Å². The number of carbonyl (C=O) groups is 1. The van der Waals surface area contributed by atoms with Crippen molar-refractivity contribution in [1.29, 1.82) is 0 Å². The summed E-state index contributed by atoms with van der Waals surface area (Å²) < 4.78 is 3.07. The quantitative estimate of drug-likeness (QED) is 0.615. The first-order chi connectivity index (χ1) is 10.6. The lowest BCUT2D eigenvalue weighted by Crippen LogP contribution is -2.10. The molecule has 2 aromatic heterocycles. The molecule has 0 radical (unpaired) electrons. The molecular weight excluding hydrogens is 294 g/mol. The average Bonchev–Trinajstić information content (AvgIpc) is 3.03. The number of fused-ring (bicyclic) bond motifs is 3. The molecule has 2 heterocycles. The molecule has 5 heteroatoms. The largest absolute Gasteiger partial charge is 0.366 e. The Balaban J connectivity index is 1.90. The van der Waals surface area contributed by atoms with E-state index in [0.29, 0.717) is 5.56 Å². The maximum absolute atomic E-state index is 11.3. The molecule has 0 aliphatic rings. The van der Waals surface area contributed by atoms with Crippen LogP contribution in [0.2, 0.25) is 0 Å². The number of amides is 1. The molecule has 0 saturated heterocycles. The molecule has 0 saturated carbocycles. The minimum Gasteiger partial charge on any atom is -0.366 e. The van der Waals surface area contributed by atoms with Crippen molar-refractivity contribution < 1.29 is 4.79 Å². The van der Waals surface area contributed by atoms with Crippen molar-refractivity contribution in [1.82, 2.24) is 9.38 Å². The molecule has 0 aliphatic carbocycles.